The molecule has 1 aliphatic heterocycles. The summed E-state index contributed by atoms with van der Waals surface area (Å²) in [6.07, 6.45) is 1.95. The van der Waals surface area contributed by atoms with Crippen LogP contribution in [0.15, 0.2) is 60.8 Å². The molecule has 0 radical (unpaired) electrons. The molecule has 0 atom stereocenters. The van der Waals surface area contributed by atoms with E-state index in [4.69, 9.17) is 27.9 Å². The van der Waals surface area contributed by atoms with Crippen molar-refractivity contribution in [3.63, 3.8) is 0 Å². The van der Waals surface area contributed by atoms with E-state index in [1.54, 1.807) is 6.07 Å². The maximum atomic E-state index is 14.8. The fourth-order valence-corrected chi connectivity index (χ4v) is 6.10. The lowest BCUT2D eigenvalue weighted by molar-refractivity contribution is 0.206. The summed E-state index contributed by atoms with van der Waals surface area (Å²) < 4.78 is 20.7. The number of halogens is 3. The van der Waals surface area contributed by atoms with Crippen LogP contribution in [0.3, 0.4) is 0 Å². The number of benzene rings is 3. The highest BCUT2D eigenvalue weighted by atomic mass is 35.5. The zero-order chi connectivity index (χ0) is 32.1. The van der Waals surface area contributed by atoms with Crippen LogP contribution in [0.2, 0.25) is 10.0 Å². The van der Waals surface area contributed by atoms with Gasteiger partial charge in [0.05, 0.1) is 17.3 Å². The highest BCUT2D eigenvalue weighted by molar-refractivity contribution is 6.33. The predicted molar refractivity (Wildman–Crippen MR) is 180 cm³/mol. The molecule has 2 heterocycles. The Morgan fingerprint density at radius 1 is 1.00 bits per heavy atom. The van der Waals surface area contributed by atoms with Crippen LogP contribution < -0.4 is 19.9 Å². The van der Waals surface area contributed by atoms with E-state index < -0.39 is 11.9 Å². The highest BCUT2D eigenvalue weighted by Crippen LogP contribution is 2.31. The number of aromatic nitrogens is 2. The van der Waals surface area contributed by atoms with Gasteiger partial charge in [-0.3, -0.25) is 9.80 Å². The average Bonchev–Trinajstić information content (AvgIpc) is 3.00. The van der Waals surface area contributed by atoms with Gasteiger partial charge in [-0.1, -0.05) is 47.8 Å². The Morgan fingerprint density at radius 2 is 1.73 bits per heavy atom. The summed E-state index contributed by atoms with van der Waals surface area (Å²) in [7, 11) is 0. The zero-order valence-corrected chi connectivity index (χ0v) is 27.4. The van der Waals surface area contributed by atoms with Crippen molar-refractivity contribution in [2.45, 2.75) is 40.7 Å². The molecule has 45 heavy (non-hydrogen) atoms. The minimum atomic E-state index is -0.722. The third-order valence-corrected chi connectivity index (χ3v) is 8.26. The Kier molecular flexibility index (Phi) is 10.4. The van der Waals surface area contributed by atoms with Crippen LogP contribution in [0, 0.1) is 26.6 Å². The van der Waals surface area contributed by atoms with Gasteiger partial charge in [0.25, 0.3) is 0 Å². The van der Waals surface area contributed by atoms with E-state index >= 15 is 0 Å². The third kappa shape index (κ3) is 8.03. The molecule has 236 valence electrons. The van der Waals surface area contributed by atoms with Crippen LogP contribution in [0.5, 0.6) is 5.75 Å². The van der Waals surface area contributed by atoms with E-state index in [-0.39, 0.29) is 23.9 Å². The van der Waals surface area contributed by atoms with Gasteiger partial charge in [0.15, 0.2) is 0 Å². The SMILES string of the molecule is CCCN1CCN(c2ccc(Nc3nccc(N(Cc4cc(Cl)ccc4F)C(=O)Oc4c(C)cc(C)cc4C)n3)cc2Cl)CC1. The summed E-state index contributed by atoms with van der Waals surface area (Å²) in [4.78, 5) is 28.7. The molecule has 5 rings (SSSR count). The van der Waals surface area contributed by atoms with Gasteiger partial charge in [-0.25, -0.2) is 14.2 Å². The number of amides is 1. The predicted octanol–water partition coefficient (Wildman–Crippen LogP) is 8.33. The molecule has 1 saturated heterocycles. The van der Waals surface area contributed by atoms with E-state index in [0.29, 0.717) is 21.5 Å². The lowest BCUT2D eigenvalue weighted by Gasteiger charge is -2.36. The fourth-order valence-electron chi connectivity index (χ4n) is 5.60. The van der Waals surface area contributed by atoms with Crippen LogP contribution in [0.1, 0.15) is 35.6 Å². The van der Waals surface area contributed by atoms with E-state index in [0.717, 1.165) is 61.5 Å². The number of hydrogen-bond donors (Lipinski definition) is 1. The third-order valence-electron chi connectivity index (χ3n) is 7.72. The monoisotopic (exact) mass is 650 g/mol. The number of rotatable bonds is 9. The Morgan fingerprint density at radius 3 is 2.42 bits per heavy atom. The second-order valence-corrected chi connectivity index (χ2v) is 12.1. The normalized spacial score (nSPS) is 13.5. The molecule has 0 aliphatic carbocycles. The molecule has 1 aromatic heterocycles. The van der Waals surface area contributed by atoms with Gasteiger partial charge in [0, 0.05) is 48.6 Å². The van der Waals surface area contributed by atoms with Gasteiger partial charge in [-0.05, 0) is 87.3 Å². The first kappa shape index (κ1) is 32.5. The number of carbonyl (C=O) groups is 1. The molecule has 0 spiro atoms. The van der Waals surface area contributed by atoms with Crippen molar-refractivity contribution in [2.24, 2.45) is 0 Å². The van der Waals surface area contributed by atoms with Gasteiger partial charge in [-0.15, -0.1) is 0 Å². The Labute approximate surface area is 273 Å². The second-order valence-electron chi connectivity index (χ2n) is 11.3. The lowest BCUT2D eigenvalue weighted by Crippen LogP contribution is -2.46. The van der Waals surface area contributed by atoms with Gasteiger partial charge < -0.3 is 15.0 Å². The molecule has 0 saturated carbocycles. The number of anilines is 4. The Bertz CT molecular complexity index is 1660. The van der Waals surface area contributed by atoms with Gasteiger partial charge in [-0.2, -0.15) is 4.98 Å². The molecular weight excluding hydrogens is 614 g/mol. The molecular formula is C34H37Cl2FN6O2. The smallest absolute Gasteiger partial charge is 0.409 e. The molecule has 3 aromatic carbocycles. The molecule has 0 unspecified atom stereocenters. The van der Waals surface area contributed by atoms with E-state index in [1.165, 1.54) is 29.3 Å². The number of nitrogens with zero attached hydrogens (tertiary/aromatic N) is 5. The first-order chi connectivity index (χ1) is 21.6. The standard InChI is InChI=1S/C34H37Cl2FN6O2/c1-5-12-41-13-15-42(16-14-41)30-9-7-27(20-28(30)36)39-33-38-11-10-31(40-33)43(21-25-19-26(35)6-8-29(25)37)34(44)45-32-23(3)17-22(2)18-24(32)4/h6-11,17-20H,5,12-16,21H2,1-4H3,(H,38,39,40). The zero-order valence-electron chi connectivity index (χ0n) is 25.9. The number of piperazine rings is 1. The van der Waals surface area contributed by atoms with Crippen LogP contribution in [0.4, 0.5) is 32.3 Å². The summed E-state index contributed by atoms with van der Waals surface area (Å²) in [6, 6.07) is 15.4. The van der Waals surface area contributed by atoms with Crippen molar-refractivity contribution in [1.29, 1.82) is 0 Å². The van der Waals surface area contributed by atoms with Crippen molar-refractivity contribution in [3.8, 4) is 5.75 Å². The minimum Gasteiger partial charge on any atom is -0.409 e. The van der Waals surface area contributed by atoms with Crippen LogP contribution >= 0.6 is 23.2 Å². The lowest BCUT2D eigenvalue weighted by atomic mass is 10.1. The van der Waals surface area contributed by atoms with Gasteiger partial charge >= 0.3 is 6.09 Å². The topological polar surface area (TPSA) is 73.8 Å². The van der Waals surface area contributed by atoms with E-state index in [2.05, 4.69) is 32.0 Å². The molecule has 11 heteroatoms. The summed E-state index contributed by atoms with van der Waals surface area (Å²) in [5, 5.41) is 4.15. The van der Waals surface area contributed by atoms with Crippen LogP contribution in [-0.2, 0) is 6.54 Å². The summed E-state index contributed by atoms with van der Waals surface area (Å²) in [5.41, 5.74) is 4.55. The number of nitrogens with one attached hydrogen (secondary N) is 1. The minimum absolute atomic E-state index is 0.169. The number of carbonyl (C=O) groups excluding carboxylic acids is 1. The van der Waals surface area contributed by atoms with E-state index in [9.17, 15) is 9.18 Å². The van der Waals surface area contributed by atoms with Crippen molar-refractivity contribution in [2.75, 3.05) is 47.8 Å². The van der Waals surface area contributed by atoms with Crippen molar-refractivity contribution in [3.05, 3.63) is 98.9 Å². The Hall–Kier alpha value is -3.92. The highest BCUT2D eigenvalue weighted by Gasteiger charge is 2.24. The Balaban J connectivity index is 1.39. The molecule has 8 nitrogen and oxygen atoms in total. The quantitative estimate of drug-likeness (QED) is 0.195. The molecule has 1 N–H and O–H groups in total. The molecule has 1 amide bonds. The van der Waals surface area contributed by atoms with Gasteiger partial charge in [0.1, 0.15) is 17.4 Å². The average molecular weight is 652 g/mol. The largest absolute Gasteiger partial charge is 0.421 e. The summed E-state index contributed by atoms with van der Waals surface area (Å²) in [6.45, 7) is 12.7. The first-order valence-corrected chi connectivity index (χ1v) is 15.7. The first-order valence-electron chi connectivity index (χ1n) is 15.0. The molecule has 1 fully saturated rings. The maximum absolute atomic E-state index is 14.8. The maximum Gasteiger partial charge on any atom is 0.421 e. The summed E-state index contributed by atoms with van der Waals surface area (Å²) >= 11 is 12.9. The number of aryl methyl sites for hydroxylation is 3. The number of ether oxygens (including phenoxy) is 1. The molecule has 4 aromatic rings. The van der Waals surface area contributed by atoms with E-state index in [1.807, 2.05) is 51.1 Å². The van der Waals surface area contributed by atoms with Crippen molar-refractivity contribution in [1.82, 2.24) is 14.9 Å². The van der Waals surface area contributed by atoms with Gasteiger partial charge in [0.2, 0.25) is 5.95 Å². The second kappa shape index (κ2) is 14.5. The van der Waals surface area contributed by atoms with Crippen molar-refractivity contribution >= 4 is 52.4 Å². The molecule has 0 bridgehead atoms. The fraction of sp³-hybridized carbons (Fsp3) is 0.324. The number of hydrogen-bond acceptors (Lipinski definition) is 7. The van der Waals surface area contributed by atoms with Crippen LogP contribution in [0.25, 0.3) is 0 Å². The van der Waals surface area contributed by atoms with Crippen molar-refractivity contribution < 1.29 is 13.9 Å². The summed E-state index contributed by atoms with van der Waals surface area (Å²) in [5.74, 6) is 0.383. The van der Waals surface area contributed by atoms with Crippen LogP contribution in [-0.4, -0.2) is 53.7 Å². The molecule has 1 aliphatic rings.